The molecule has 0 aliphatic heterocycles. The van der Waals surface area contributed by atoms with E-state index >= 15 is 0 Å². The zero-order valence-corrected chi connectivity index (χ0v) is 14.7. The number of hydrogen-bond acceptors (Lipinski definition) is 4. The Morgan fingerprint density at radius 1 is 1.13 bits per heavy atom. The molecule has 0 unspecified atom stereocenters. The van der Waals surface area contributed by atoms with Crippen LogP contribution in [0.2, 0.25) is 0 Å². The Bertz CT molecular complexity index is 494. The summed E-state index contributed by atoms with van der Waals surface area (Å²) in [5.41, 5.74) is 6.60. The largest absolute Gasteiger partial charge is 0.497 e. The molecule has 2 rings (SSSR count). The fraction of sp³-hybridized carbons (Fsp3) is 0.588. The number of anilines is 1. The van der Waals surface area contributed by atoms with Crippen molar-refractivity contribution in [3.63, 3.8) is 0 Å². The Kier molecular flexibility index (Phi) is 7.65. The van der Waals surface area contributed by atoms with Crippen LogP contribution < -0.4 is 20.5 Å². The Morgan fingerprint density at radius 2 is 1.70 bits per heavy atom. The van der Waals surface area contributed by atoms with E-state index in [4.69, 9.17) is 15.2 Å². The first-order chi connectivity index (χ1) is 10.6. The molecule has 0 atom stereocenters. The second-order valence-electron chi connectivity index (χ2n) is 6.09. The SMILES string of the molecule is COc1cc(NC(=O)CC2(CN)CCCCC2)cc(OC)c1.Cl. The van der Waals surface area contributed by atoms with Gasteiger partial charge in [-0.05, 0) is 24.8 Å². The molecule has 3 N–H and O–H groups in total. The van der Waals surface area contributed by atoms with E-state index in [0.717, 1.165) is 25.7 Å². The highest BCUT2D eigenvalue weighted by molar-refractivity contribution is 5.91. The van der Waals surface area contributed by atoms with Gasteiger partial charge in [-0.3, -0.25) is 4.79 Å². The van der Waals surface area contributed by atoms with Crippen LogP contribution in [0.25, 0.3) is 0 Å². The molecule has 1 saturated carbocycles. The smallest absolute Gasteiger partial charge is 0.224 e. The van der Waals surface area contributed by atoms with Gasteiger partial charge in [0, 0.05) is 30.3 Å². The van der Waals surface area contributed by atoms with E-state index in [1.807, 2.05) is 0 Å². The van der Waals surface area contributed by atoms with Crippen molar-refractivity contribution in [2.24, 2.45) is 11.1 Å². The average molecular weight is 343 g/mol. The summed E-state index contributed by atoms with van der Waals surface area (Å²) < 4.78 is 10.4. The zero-order chi connectivity index (χ0) is 16.0. The lowest BCUT2D eigenvalue weighted by Crippen LogP contribution is -2.36. The Hall–Kier alpha value is -1.46. The van der Waals surface area contributed by atoms with Gasteiger partial charge >= 0.3 is 0 Å². The van der Waals surface area contributed by atoms with Crippen LogP contribution in [0.3, 0.4) is 0 Å². The normalized spacial score (nSPS) is 16.1. The van der Waals surface area contributed by atoms with Crippen LogP contribution in [0, 0.1) is 5.41 Å². The standard InChI is InChI=1S/C17H26N2O3.ClH/c1-21-14-8-13(9-15(10-14)22-2)19-16(20)11-17(12-18)6-4-3-5-7-17;/h8-10H,3-7,11-12,18H2,1-2H3,(H,19,20);1H. The van der Waals surface area contributed by atoms with E-state index in [9.17, 15) is 4.79 Å². The first-order valence-electron chi connectivity index (χ1n) is 7.84. The highest BCUT2D eigenvalue weighted by Crippen LogP contribution is 2.38. The number of nitrogens with two attached hydrogens (primary N) is 1. The highest BCUT2D eigenvalue weighted by Gasteiger charge is 2.32. The molecule has 1 amide bonds. The number of carbonyl (C=O) groups is 1. The molecule has 1 aromatic rings. The second kappa shape index (κ2) is 8.99. The number of amides is 1. The molecule has 1 aromatic carbocycles. The Balaban J connectivity index is 0.00000264. The fourth-order valence-electron chi connectivity index (χ4n) is 3.18. The first-order valence-corrected chi connectivity index (χ1v) is 7.84. The molecule has 0 radical (unpaired) electrons. The van der Waals surface area contributed by atoms with Crippen LogP contribution in [-0.2, 0) is 4.79 Å². The third-order valence-electron chi connectivity index (χ3n) is 4.52. The number of rotatable bonds is 6. The van der Waals surface area contributed by atoms with Gasteiger partial charge in [0.1, 0.15) is 11.5 Å². The first kappa shape index (κ1) is 19.6. The number of carbonyl (C=O) groups excluding carboxylic acids is 1. The lowest BCUT2D eigenvalue weighted by molar-refractivity contribution is -0.118. The van der Waals surface area contributed by atoms with Crippen LogP contribution in [0.1, 0.15) is 38.5 Å². The number of benzene rings is 1. The van der Waals surface area contributed by atoms with Crippen molar-refractivity contribution in [2.45, 2.75) is 38.5 Å². The zero-order valence-electron chi connectivity index (χ0n) is 13.9. The van der Waals surface area contributed by atoms with Gasteiger partial charge in [0.05, 0.1) is 14.2 Å². The Labute approximate surface area is 144 Å². The quantitative estimate of drug-likeness (QED) is 0.831. The van der Waals surface area contributed by atoms with Crippen LogP contribution in [0.5, 0.6) is 11.5 Å². The molecule has 130 valence electrons. The maximum atomic E-state index is 12.4. The van der Waals surface area contributed by atoms with Gasteiger partial charge in [0.2, 0.25) is 5.91 Å². The van der Waals surface area contributed by atoms with E-state index in [1.54, 1.807) is 32.4 Å². The topological polar surface area (TPSA) is 73.6 Å². The summed E-state index contributed by atoms with van der Waals surface area (Å²) in [6.45, 7) is 0.571. The van der Waals surface area contributed by atoms with Gasteiger partial charge in [0.25, 0.3) is 0 Å². The number of nitrogens with one attached hydrogen (secondary N) is 1. The Morgan fingerprint density at radius 3 is 2.17 bits per heavy atom. The summed E-state index contributed by atoms with van der Waals surface area (Å²) in [7, 11) is 3.18. The van der Waals surface area contributed by atoms with Crippen molar-refractivity contribution >= 4 is 24.0 Å². The van der Waals surface area contributed by atoms with E-state index in [-0.39, 0.29) is 23.7 Å². The van der Waals surface area contributed by atoms with E-state index in [0.29, 0.717) is 30.2 Å². The molecule has 1 aliphatic rings. The summed E-state index contributed by atoms with van der Waals surface area (Å²) in [6, 6.07) is 5.35. The molecule has 0 spiro atoms. The number of hydrogen-bond donors (Lipinski definition) is 2. The molecule has 1 fully saturated rings. The molecule has 0 heterocycles. The third-order valence-corrected chi connectivity index (χ3v) is 4.52. The van der Waals surface area contributed by atoms with Crippen molar-refractivity contribution in [1.82, 2.24) is 0 Å². The molecule has 5 nitrogen and oxygen atoms in total. The maximum Gasteiger partial charge on any atom is 0.224 e. The van der Waals surface area contributed by atoms with Gasteiger partial charge in [-0.25, -0.2) is 0 Å². The van der Waals surface area contributed by atoms with Gasteiger partial charge in [0.15, 0.2) is 0 Å². The number of methoxy groups -OCH3 is 2. The lowest BCUT2D eigenvalue weighted by atomic mass is 9.71. The second-order valence-corrected chi connectivity index (χ2v) is 6.09. The van der Waals surface area contributed by atoms with Gasteiger partial charge in [-0.2, -0.15) is 0 Å². The minimum atomic E-state index is -0.0364. The molecule has 1 aliphatic carbocycles. The third kappa shape index (κ3) is 5.29. The van der Waals surface area contributed by atoms with Crippen LogP contribution in [0.15, 0.2) is 18.2 Å². The predicted molar refractivity (Wildman–Crippen MR) is 94.6 cm³/mol. The van der Waals surface area contributed by atoms with E-state index < -0.39 is 0 Å². The van der Waals surface area contributed by atoms with Crippen LogP contribution in [-0.4, -0.2) is 26.7 Å². The van der Waals surface area contributed by atoms with Crippen LogP contribution in [0.4, 0.5) is 5.69 Å². The monoisotopic (exact) mass is 342 g/mol. The molecule has 0 aromatic heterocycles. The van der Waals surface area contributed by atoms with E-state index in [1.165, 1.54) is 6.42 Å². The van der Waals surface area contributed by atoms with Crippen molar-refractivity contribution in [3.8, 4) is 11.5 Å². The van der Waals surface area contributed by atoms with Crippen molar-refractivity contribution in [3.05, 3.63) is 18.2 Å². The minimum Gasteiger partial charge on any atom is -0.497 e. The summed E-state index contributed by atoms with van der Waals surface area (Å²) in [5, 5.41) is 2.94. The molecule has 0 saturated heterocycles. The highest BCUT2D eigenvalue weighted by atomic mass is 35.5. The van der Waals surface area contributed by atoms with Gasteiger partial charge in [-0.1, -0.05) is 19.3 Å². The molecule has 6 heteroatoms. The molecule has 23 heavy (non-hydrogen) atoms. The summed E-state index contributed by atoms with van der Waals surface area (Å²) in [6.07, 6.45) is 6.13. The maximum absolute atomic E-state index is 12.4. The van der Waals surface area contributed by atoms with E-state index in [2.05, 4.69) is 5.32 Å². The summed E-state index contributed by atoms with van der Waals surface area (Å²) in [4.78, 5) is 12.4. The van der Waals surface area contributed by atoms with Crippen molar-refractivity contribution < 1.29 is 14.3 Å². The minimum absolute atomic E-state index is 0. The predicted octanol–water partition coefficient (Wildman–Crippen LogP) is 3.36. The lowest BCUT2D eigenvalue weighted by Gasteiger charge is -2.35. The summed E-state index contributed by atoms with van der Waals surface area (Å²) in [5.74, 6) is 1.31. The van der Waals surface area contributed by atoms with Crippen molar-refractivity contribution in [1.29, 1.82) is 0 Å². The molecule has 0 bridgehead atoms. The van der Waals surface area contributed by atoms with Gasteiger partial charge in [-0.15, -0.1) is 12.4 Å². The fourth-order valence-corrected chi connectivity index (χ4v) is 3.18. The number of halogens is 1. The van der Waals surface area contributed by atoms with Crippen LogP contribution >= 0.6 is 12.4 Å². The van der Waals surface area contributed by atoms with Gasteiger partial charge < -0.3 is 20.5 Å². The molecular weight excluding hydrogens is 316 g/mol. The number of ether oxygens (including phenoxy) is 2. The average Bonchev–Trinajstić information content (AvgIpc) is 2.55. The summed E-state index contributed by atoms with van der Waals surface area (Å²) >= 11 is 0. The van der Waals surface area contributed by atoms with Crippen molar-refractivity contribution in [2.75, 3.05) is 26.1 Å². The molecular formula is C17H27ClN2O3.